The van der Waals surface area contributed by atoms with Crippen LogP contribution in [0, 0.1) is 6.92 Å². The molecule has 2 N–H and O–H groups in total. The molecule has 0 saturated heterocycles. The van der Waals surface area contributed by atoms with E-state index in [1.165, 1.54) is 5.56 Å². The van der Waals surface area contributed by atoms with Crippen molar-refractivity contribution in [2.45, 2.75) is 13.0 Å². The molecule has 0 aliphatic rings. The largest absolute Gasteiger partial charge is 0.493 e. The fraction of sp³-hybridized carbons (Fsp3) is 0.250. The minimum absolute atomic E-state index is 0.218. The van der Waals surface area contributed by atoms with Crippen molar-refractivity contribution in [1.82, 2.24) is 0 Å². The Bertz CT molecular complexity index is 596. The minimum Gasteiger partial charge on any atom is -0.493 e. The Morgan fingerprint density at radius 2 is 1.55 bits per heavy atom. The lowest BCUT2D eigenvalue weighted by Gasteiger charge is -2.17. The first-order valence-corrected chi connectivity index (χ1v) is 7.09. The van der Waals surface area contributed by atoms with Crippen molar-refractivity contribution >= 4 is 15.9 Å². The molecule has 0 bridgehead atoms. The molecule has 0 radical (unpaired) electrons. The van der Waals surface area contributed by atoms with Gasteiger partial charge in [-0.05, 0) is 30.2 Å². The molecule has 0 amide bonds. The van der Waals surface area contributed by atoms with Crippen LogP contribution in [0.1, 0.15) is 22.7 Å². The number of nitrogens with two attached hydrogens (primary N) is 1. The van der Waals surface area contributed by atoms with Crippen molar-refractivity contribution in [3.8, 4) is 11.5 Å². The molecule has 0 fully saturated rings. The second kappa shape index (κ2) is 6.29. The first-order chi connectivity index (χ1) is 9.56. The van der Waals surface area contributed by atoms with Crippen LogP contribution in [0.4, 0.5) is 0 Å². The predicted octanol–water partition coefficient (Wildman–Crippen LogP) is 3.82. The molecule has 2 aromatic rings. The number of hydrogen-bond acceptors (Lipinski definition) is 3. The van der Waals surface area contributed by atoms with E-state index in [1.54, 1.807) is 14.2 Å². The van der Waals surface area contributed by atoms with Crippen LogP contribution in [0.25, 0.3) is 0 Å². The molecule has 3 nitrogen and oxygen atoms in total. The number of hydrogen-bond donors (Lipinski definition) is 1. The van der Waals surface area contributed by atoms with E-state index in [0.29, 0.717) is 11.5 Å². The van der Waals surface area contributed by atoms with E-state index in [4.69, 9.17) is 15.2 Å². The van der Waals surface area contributed by atoms with Gasteiger partial charge >= 0.3 is 0 Å². The van der Waals surface area contributed by atoms with Crippen LogP contribution < -0.4 is 15.2 Å². The summed E-state index contributed by atoms with van der Waals surface area (Å²) >= 11 is 3.55. The first kappa shape index (κ1) is 14.9. The van der Waals surface area contributed by atoms with Gasteiger partial charge in [0.15, 0.2) is 11.5 Å². The number of rotatable bonds is 4. The number of ether oxygens (including phenoxy) is 2. The van der Waals surface area contributed by atoms with Crippen molar-refractivity contribution in [1.29, 1.82) is 0 Å². The van der Waals surface area contributed by atoms with E-state index in [-0.39, 0.29) is 6.04 Å². The van der Waals surface area contributed by atoms with Gasteiger partial charge in [-0.15, -0.1) is 0 Å². The normalized spacial score (nSPS) is 12.1. The maximum absolute atomic E-state index is 6.36. The van der Waals surface area contributed by atoms with E-state index in [1.807, 2.05) is 24.3 Å². The Hall–Kier alpha value is -1.52. The summed E-state index contributed by atoms with van der Waals surface area (Å²) < 4.78 is 11.5. The van der Waals surface area contributed by atoms with Gasteiger partial charge in [0.25, 0.3) is 0 Å². The van der Waals surface area contributed by atoms with Gasteiger partial charge in [-0.25, -0.2) is 0 Å². The van der Waals surface area contributed by atoms with E-state index in [0.717, 1.165) is 15.6 Å². The van der Waals surface area contributed by atoms with E-state index < -0.39 is 0 Å². The molecule has 0 saturated carbocycles. The summed E-state index contributed by atoms with van der Waals surface area (Å²) in [6.07, 6.45) is 0. The first-order valence-electron chi connectivity index (χ1n) is 6.30. The quantitative estimate of drug-likeness (QED) is 0.923. The van der Waals surface area contributed by atoms with Crippen LogP contribution >= 0.6 is 15.9 Å². The van der Waals surface area contributed by atoms with Crippen molar-refractivity contribution in [2.75, 3.05) is 14.2 Å². The topological polar surface area (TPSA) is 44.5 Å². The summed E-state index contributed by atoms with van der Waals surface area (Å²) in [7, 11) is 3.23. The van der Waals surface area contributed by atoms with Crippen molar-refractivity contribution in [2.24, 2.45) is 5.73 Å². The third kappa shape index (κ3) is 2.97. The van der Waals surface area contributed by atoms with Crippen molar-refractivity contribution in [3.05, 3.63) is 57.6 Å². The number of methoxy groups -OCH3 is 2. The van der Waals surface area contributed by atoms with Crippen molar-refractivity contribution < 1.29 is 9.47 Å². The fourth-order valence-electron chi connectivity index (χ4n) is 2.06. The fourth-order valence-corrected chi connectivity index (χ4v) is 2.63. The number of halogens is 1. The van der Waals surface area contributed by atoms with Gasteiger partial charge in [-0.2, -0.15) is 0 Å². The second-order valence-electron chi connectivity index (χ2n) is 4.62. The molecule has 2 rings (SSSR count). The molecule has 4 heteroatoms. The average molecular weight is 336 g/mol. The van der Waals surface area contributed by atoms with Gasteiger partial charge in [-0.1, -0.05) is 45.8 Å². The van der Waals surface area contributed by atoms with E-state index in [9.17, 15) is 0 Å². The molecule has 106 valence electrons. The summed E-state index contributed by atoms with van der Waals surface area (Å²) in [4.78, 5) is 0. The summed E-state index contributed by atoms with van der Waals surface area (Å²) in [5.41, 5.74) is 9.59. The highest BCUT2D eigenvalue weighted by Crippen LogP contribution is 2.37. The molecular weight excluding hydrogens is 318 g/mol. The average Bonchev–Trinajstić information content (AvgIpc) is 2.47. The lowest BCUT2D eigenvalue weighted by Crippen LogP contribution is -2.13. The molecule has 0 aliphatic heterocycles. The number of aryl methyl sites for hydroxylation is 1. The Kier molecular flexibility index (Phi) is 4.68. The molecule has 1 unspecified atom stereocenters. The predicted molar refractivity (Wildman–Crippen MR) is 84.5 cm³/mol. The molecule has 1 atom stereocenters. The van der Waals surface area contributed by atoms with Crippen LogP contribution in [0.5, 0.6) is 11.5 Å². The Labute approximate surface area is 127 Å². The van der Waals surface area contributed by atoms with Gasteiger partial charge in [0, 0.05) is 4.47 Å². The van der Waals surface area contributed by atoms with Gasteiger partial charge in [0.1, 0.15) is 0 Å². The second-order valence-corrected chi connectivity index (χ2v) is 5.47. The molecule has 0 aromatic heterocycles. The van der Waals surface area contributed by atoms with Gasteiger partial charge in [0.05, 0.1) is 20.3 Å². The molecule has 0 aliphatic carbocycles. The summed E-state index contributed by atoms with van der Waals surface area (Å²) in [5.74, 6) is 1.35. The third-order valence-electron chi connectivity index (χ3n) is 3.27. The van der Waals surface area contributed by atoms with Gasteiger partial charge < -0.3 is 15.2 Å². The lowest BCUT2D eigenvalue weighted by molar-refractivity contribution is 0.354. The highest BCUT2D eigenvalue weighted by atomic mass is 79.9. The van der Waals surface area contributed by atoms with Crippen LogP contribution in [0.2, 0.25) is 0 Å². The van der Waals surface area contributed by atoms with E-state index in [2.05, 4.69) is 35.0 Å². The SMILES string of the molecule is COc1cc(Br)c(C(N)c2ccc(C)cc2)cc1OC. The third-order valence-corrected chi connectivity index (χ3v) is 3.96. The molecule has 20 heavy (non-hydrogen) atoms. The minimum atomic E-state index is -0.218. The zero-order valence-electron chi connectivity index (χ0n) is 11.8. The van der Waals surface area contributed by atoms with E-state index >= 15 is 0 Å². The Morgan fingerprint density at radius 3 is 2.10 bits per heavy atom. The molecule has 0 heterocycles. The maximum atomic E-state index is 6.36. The zero-order chi connectivity index (χ0) is 14.7. The zero-order valence-corrected chi connectivity index (χ0v) is 13.4. The van der Waals surface area contributed by atoms with Crippen LogP contribution in [-0.2, 0) is 0 Å². The highest BCUT2D eigenvalue weighted by molar-refractivity contribution is 9.10. The summed E-state index contributed by atoms with van der Waals surface area (Å²) in [5, 5.41) is 0. The maximum Gasteiger partial charge on any atom is 0.161 e. The van der Waals surface area contributed by atoms with Crippen LogP contribution in [0.3, 0.4) is 0 Å². The Balaban J connectivity index is 2.43. The monoisotopic (exact) mass is 335 g/mol. The molecular formula is C16H18BrNO2. The molecule has 0 spiro atoms. The smallest absolute Gasteiger partial charge is 0.161 e. The van der Waals surface area contributed by atoms with Crippen LogP contribution in [-0.4, -0.2) is 14.2 Å². The van der Waals surface area contributed by atoms with Gasteiger partial charge in [-0.3, -0.25) is 0 Å². The van der Waals surface area contributed by atoms with Crippen LogP contribution in [0.15, 0.2) is 40.9 Å². The summed E-state index contributed by atoms with van der Waals surface area (Å²) in [6.45, 7) is 2.06. The summed E-state index contributed by atoms with van der Waals surface area (Å²) in [6, 6.07) is 11.8. The van der Waals surface area contributed by atoms with Crippen molar-refractivity contribution in [3.63, 3.8) is 0 Å². The molecule has 2 aromatic carbocycles. The highest BCUT2D eigenvalue weighted by Gasteiger charge is 2.16. The number of benzene rings is 2. The Morgan fingerprint density at radius 1 is 1.00 bits per heavy atom. The standard InChI is InChI=1S/C16H18BrNO2/c1-10-4-6-11(7-5-10)16(18)12-8-14(19-2)15(20-3)9-13(12)17/h4-9,16H,18H2,1-3H3. The van der Waals surface area contributed by atoms with Gasteiger partial charge in [0.2, 0.25) is 0 Å². The lowest BCUT2D eigenvalue weighted by atomic mass is 9.98.